The van der Waals surface area contributed by atoms with E-state index in [1.54, 1.807) is 11.8 Å². The molecule has 3 rings (SSSR count). The van der Waals surface area contributed by atoms with Crippen LogP contribution in [0.4, 0.5) is 10.8 Å². The zero-order valence-corrected chi connectivity index (χ0v) is 16.5. The Bertz CT molecular complexity index is 799. The second-order valence-corrected chi connectivity index (χ2v) is 8.08. The number of aromatic nitrogens is 1. The topological polar surface area (TPSA) is 19.1 Å². The first-order valence-corrected chi connectivity index (χ1v) is 10.3. The van der Waals surface area contributed by atoms with Gasteiger partial charge in [0, 0.05) is 6.54 Å². The predicted molar refractivity (Wildman–Crippen MR) is 110 cm³/mol. The number of anilines is 2. The highest BCUT2D eigenvalue weighted by Gasteiger charge is 2.26. The average Bonchev–Trinajstić information content (AvgIpc) is 2.99. The number of hydrogen-bond acceptors (Lipinski definition) is 4. The maximum absolute atomic E-state index is 3.63. The minimum atomic E-state index is 0.835. The van der Waals surface area contributed by atoms with Crippen molar-refractivity contribution in [3.05, 3.63) is 71.8 Å². The molecule has 1 N–H and O–H groups in total. The van der Waals surface area contributed by atoms with Gasteiger partial charge in [-0.05, 0) is 17.4 Å². The van der Waals surface area contributed by atoms with Crippen LogP contribution in [-0.2, 0) is 13.1 Å². The SMILES string of the molecule is CSc1sc(NCc2ccccc2)c(N(C)C)[n+]1Cc1ccccc1. The van der Waals surface area contributed by atoms with Crippen molar-refractivity contribution in [2.24, 2.45) is 0 Å². The van der Waals surface area contributed by atoms with E-state index in [4.69, 9.17) is 0 Å². The van der Waals surface area contributed by atoms with Crippen LogP contribution >= 0.6 is 23.1 Å². The lowest BCUT2D eigenvalue weighted by atomic mass is 10.2. The quantitative estimate of drug-likeness (QED) is 0.489. The Balaban J connectivity index is 1.90. The molecule has 2 aromatic carbocycles. The van der Waals surface area contributed by atoms with Crippen molar-refractivity contribution in [2.45, 2.75) is 17.4 Å². The standard InChI is InChI=1S/C20H24N3S2/c1-22(2)19-18(21-14-16-10-6-4-7-11-16)25-20(24-3)23(19)15-17-12-8-5-9-13-17/h4-13,21H,14-15H2,1-3H3/q+1. The van der Waals surface area contributed by atoms with Crippen LogP contribution in [0.15, 0.2) is 65.0 Å². The molecule has 3 nitrogen and oxygen atoms in total. The Kier molecular flexibility index (Phi) is 6.00. The summed E-state index contributed by atoms with van der Waals surface area (Å²) in [7, 11) is 4.22. The Labute approximate surface area is 158 Å². The van der Waals surface area contributed by atoms with Gasteiger partial charge in [0.2, 0.25) is 4.34 Å². The van der Waals surface area contributed by atoms with E-state index in [9.17, 15) is 0 Å². The molecule has 0 saturated carbocycles. The fourth-order valence-electron chi connectivity index (χ4n) is 2.79. The molecule has 0 unspecified atom stereocenters. The van der Waals surface area contributed by atoms with Gasteiger partial charge in [-0.25, -0.2) is 4.57 Å². The van der Waals surface area contributed by atoms with Gasteiger partial charge < -0.3 is 5.32 Å². The van der Waals surface area contributed by atoms with Gasteiger partial charge in [0.05, 0.1) is 14.1 Å². The summed E-state index contributed by atoms with van der Waals surface area (Å²) in [6.45, 7) is 1.72. The molecule has 0 radical (unpaired) electrons. The highest BCUT2D eigenvalue weighted by Crippen LogP contribution is 2.34. The van der Waals surface area contributed by atoms with Gasteiger partial charge in [-0.2, -0.15) is 0 Å². The minimum Gasteiger partial charge on any atom is -0.366 e. The molecule has 0 saturated heterocycles. The minimum absolute atomic E-state index is 0.835. The van der Waals surface area contributed by atoms with Crippen LogP contribution in [0.5, 0.6) is 0 Å². The number of thiazole rings is 1. The summed E-state index contributed by atoms with van der Waals surface area (Å²) in [5.41, 5.74) is 2.61. The molecule has 0 spiro atoms. The van der Waals surface area contributed by atoms with Gasteiger partial charge in [-0.15, -0.1) is 0 Å². The third kappa shape index (κ3) is 4.35. The van der Waals surface area contributed by atoms with Crippen LogP contribution in [0, 0.1) is 0 Å². The highest BCUT2D eigenvalue weighted by atomic mass is 32.2. The number of nitrogens with one attached hydrogen (secondary N) is 1. The van der Waals surface area contributed by atoms with Crippen LogP contribution in [0.1, 0.15) is 11.1 Å². The van der Waals surface area contributed by atoms with Crippen molar-refractivity contribution in [3.63, 3.8) is 0 Å². The average molecular weight is 371 g/mol. The van der Waals surface area contributed by atoms with Gasteiger partial charge in [0.15, 0.2) is 5.00 Å². The predicted octanol–water partition coefficient (Wildman–Crippen LogP) is 4.48. The number of hydrogen-bond donors (Lipinski definition) is 1. The summed E-state index contributed by atoms with van der Waals surface area (Å²) in [6.07, 6.45) is 2.15. The van der Waals surface area contributed by atoms with Crippen molar-refractivity contribution < 1.29 is 4.57 Å². The largest absolute Gasteiger partial charge is 0.366 e. The van der Waals surface area contributed by atoms with E-state index >= 15 is 0 Å². The monoisotopic (exact) mass is 370 g/mol. The number of benzene rings is 2. The molecule has 0 bridgehead atoms. The lowest BCUT2D eigenvalue weighted by Gasteiger charge is -2.11. The van der Waals surface area contributed by atoms with Gasteiger partial charge in [0.25, 0.3) is 0 Å². The highest BCUT2D eigenvalue weighted by molar-refractivity contribution is 8.00. The fraction of sp³-hybridized carbons (Fsp3) is 0.250. The van der Waals surface area contributed by atoms with Crippen LogP contribution < -0.4 is 14.8 Å². The van der Waals surface area contributed by atoms with Crippen LogP contribution in [0.2, 0.25) is 0 Å². The molecule has 0 fully saturated rings. The molecule has 0 aliphatic heterocycles. The van der Waals surface area contributed by atoms with Crippen LogP contribution in [0.25, 0.3) is 0 Å². The molecular formula is C20H24N3S2+. The van der Waals surface area contributed by atoms with E-state index in [-0.39, 0.29) is 0 Å². The molecule has 1 heterocycles. The van der Waals surface area contributed by atoms with E-state index in [1.165, 1.54) is 26.3 Å². The molecule has 1 aromatic heterocycles. The lowest BCUT2D eigenvalue weighted by molar-refractivity contribution is -0.705. The number of nitrogens with zero attached hydrogens (tertiary/aromatic N) is 2. The van der Waals surface area contributed by atoms with E-state index in [0.717, 1.165) is 13.1 Å². The summed E-state index contributed by atoms with van der Waals surface area (Å²) < 4.78 is 3.71. The summed E-state index contributed by atoms with van der Waals surface area (Å²) in [5, 5.41) is 4.85. The zero-order valence-electron chi connectivity index (χ0n) is 14.9. The summed E-state index contributed by atoms with van der Waals surface area (Å²) in [6, 6.07) is 21.2. The smallest absolute Gasteiger partial charge is 0.312 e. The zero-order chi connectivity index (χ0) is 17.6. The molecular weight excluding hydrogens is 346 g/mol. The maximum atomic E-state index is 3.63. The lowest BCUT2D eigenvalue weighted by Crippen LogP contribution is -2.40. The molecule has 0 aliphatic carbocycles. The molecule has 25 heavy (non-hydrogen) atoms. The van der Waals surface area contributed by atoms with E-state index in [2.05, 4.69) is 95.8 Å². The van der Waals surface area contributed by atoms with E-state index < -0.39 is 0 Å². The van der Waals surface area contributed by atoms with Gasteiger partial charge in [0.1, 0.15) is 6.54 Å². The van der Waals surface area contributed by atoms with Gasteiger partial charge in [-0.1, -0.05) is 83.8 Å². The first kappa shape index (κ1) is 17.8. The van der Waals surface area contributed by atoms with Gasteiger partial charge in [-0.3, -0.25) is 4.90 Å². The number of thioether (sulfide) groups is 1. The van der Waals surface area contributed by atoms with Crippen molar-refractivity contribution in [3.8, 4) is 0 Å². The third-order valence-corrected chi connectivity index (χ3v) is 6.19. The van der Waals surface area contributed by atoms with Crippen LogP contribution in [-0.4, -0.2) is 20.4 Å². The van der Waals surface area contributed by atoms with Crippen molar-refractivity contribution in [2.75, 3.05) is 30.6 Å². The normalized spacial score (nSPS) is 10.7. The summed E-state index contributed by atoms with van der Waals surface area (Å²) in [5.74, 6) is 1.23. The first-order chi connectivity index (χ1) is 12.2. The second-order valence-electron chi connectivity index (χ2n) is 6.03. The van der Waals surface area contributed by atoms with Crippen molar-refractivity contribution in [1.29, 1.82) is 0 Å². The van der Waals surface area contributed by atoms with E-state index in [1.807, 2.05) is 11.3 Å². The van der Waals surface area contributed by atoms with Crippen molar-refractivity contribution in [1.82, 2.24) is 0 Å². The molecule has 130 valence electrons. The fourth-order valence-corrected chi connectivity index (χ4v) is 4.71. The maximum Gasteiger partial charge on any atom is 0.312 e. The van der Waals surface area contributed by atoms with Crippen LogP contribution in [0.3, 0.4) is 0 Å². The third-order valence-electron chi connectivity index (χ3n) is 3.95. The first-order valence-electron chi connectivity index (χ1n) is 8.28. The summed E-state index contributed by atoms with van der Waals surface area (Å²) in [4.78, 5) is 2.20. The van der Waals surface area contributed by atoms with Gasteiger partial charge >= 0.3 is 5.82 Å². The summed E-state index contributed by atoms with van der Waals surface area (Å²) >= 11 is 3.63. The van der Waals surface area contributed by atoms with Crippen molar-refractivity contribution >= 4 is 33.9 Å². The molecule has 0 atom stereocenters. The molecule has 0 amide bonds. The molecule has 5 heteroatoms. The Morgan fingerprint density at radius 3 is 2.12 bits per heavy atom. The Morgan fingerprint density at radius 1 is 0.960 bits per heavy atom. The molecule has 0 aliphatic rings. The second kappa shape index (κ2) is 8.41. The number of rotatable bonds is 7. The molecule has 3 aromatic rings. The van der Waals surface area contributed by atoms with E-state index in [0.29, 0.717) is 0 Å². The Hall–Kier alpha value is -1.98. The Morgan fingerprint density at radius 2 is 1.56 bits per heavy atom.